The van der Waals surface area contributed by atoms with Gasteiger partial charge in [-0.05, 0) is 0 Å². The van der Waals surface area contributed by atoms with E-state index >= 15 is 0 Å². The van der Waals surface area contributed by atoms with Gasteiger partial charge in [-0.3, -0.25) is 0 Å². The van der Waals surface area contributed by atoms with Gasteiger partial charge < -0.3 is 13.8 Å². The molecule has 0 heterocycles. The molecule has 0 atom stereocenters. The van der Waals surface area contributed by atoms with Gasteiger partial charge in [0.25, 0.3) is 0 Å². The van der Waals surface area contributed by atoms with E-state index in [9.17, 15) is 0 Å². The van der Waals surface area contributed by atoms with Crippen molar-refractivity contribution in [2.45, 2.75) is 0 Å². The standard InChI is InChI=1S/Mg.H2NO3Si/c;1-4-5(2)3/h;1H2/q+2;-1. The predicted octanol–water partition coefficient (Wildman–Crippen LogP) is -2.73. The Morgan fingerprint density at radius 2 is 2.00 bits per heavy atom. The van der Waals surface area contributed by atoms with E-state index < -0.39 is 9.17 Å². The monoisotopic (exact) mass is 116 g/mol. The third-order valence-electron chi connectivity index (χ3n) is 0.0962. The molecule has 2 N–H and O–H groups in total. The molecule has 0 aromatic carbocycles. The van der Waals surface area contributed by atoms with Gasteiger partial charge in [-0.2, -0.15) is 0 Å². The molecule has 0 bridgehead atoms. The first-order chi connectivity index (χ1) is 2.27. The molecule has 30 valence electrons. The summed E-state index contributed by atoms with van der Waals surface area (Å²) in [5, 5.41) is 0. The molecule has 0 saturated carbocycles. The predicted molar refractivity (Wildman–Crippen MR) is 17.5 cm³/mol. The fraction of sp³-hybridized carbons (Fsp3) is 0. The summed E-state index contributed by atoms with van der Waals surface area (Å²) in [7, 11) is -3.10. The van der Waals surface area contributed by atoms with Gasteiger partial charge in [0.2, 0.25) is 0 Å². The van der Waals surface area contributed by atoms with Crippen LogP contribution < -0.4 is 10.7 Å². The van der Waals surface area contributed by atoms with E-state index in [2.05, 4.69) is 10.4 Å². The summed E-state index contributed by atoms with van der Waals surface area (Å²) >= 11 is 0. The van der Waals surface area contributed by atoms with Crippen LogP contribution in [-0.2, 0) is 8.99 Å². The second-order valence-electron chi connectivity index (χ2n) is 0.368. The van der Waals surface area contributed by atoms with Gasteiger partial charge in [-0.15, -0.1) is 0 Å². The summed E-state index contributed by atoms with van der Waals surface area (Å²) in [4.78, 5) is 9.09. The topological polar surface area (TPSA) is 75.4 Å². The first-order valence-corrected chi connectivity index (χ1v) is 2.07. The summed E-state index contributed by atoms with van der Waals surface area (Å²) in [5.41, 5.74) is 0. The van der Waals surface area contributed by atoms with Crippen molar-refractivity contribution in [2.24, 2.45) is 5.90 Å². The largest absolute Gasteiger partial charge is 2.00 e. The molecule has 6 heteroatoms. The minimum atomic E-state index is -3.10. The van der Waals surface area contributed by atoms with Crippen molar-refractivity contribution in [3.63, 3.8) is 0 Å². The van der Waals surface area contributed by atoms with Crippen LogP contribution in [0.3, 0.4) is 0 Å². The number of hydrogen-bond acceptors (Lipinski definition) is 4. The van der Waals surface area contributed by atoms with Crippen molar-refractivity contribution >= 4 is 32.2 Å². The Kier molecular flexibility index (Phi) is 8.55. The third kappa shape index (κ3) is 8.84. The molecule has 6 heavy (non-hydrogen) atoms. The third-order valence-corrected chi connectivity index (χ3v) is 0.289. The van der Waals surface area contributed by atoms with Crippen LogP contribution in [0.2, 0.25) is 0 Å². The molecule has 0 amide bonds. The van der Waals surface area contributed by atoms with Crippen molar-refractivity contribution in [1.29, 1.82) is 0 Å². The first-order valence-electron chi connectivity index (χ1n) is 0.848. The molecule has 4 nitrogen and oxygen atoms in total. The van der Waals surface area contributed by atoms with E-state index in [1.807, 2.05) is 0 Å². The molecule has 0 aromatic heterocycles. The summed E-state index contributed by atoms with van der Waals surface area (Å²) in [6, 6.07) is 0. The van der Waals surface area contributed by atoms with Crippen molar-refractivity contribution in [1.82, 2.24) is 0 Å². The van der Waals surface area contributed by atoms with Gasteiger partial charge in [0, 0.05) is 0 Å². The Hall–Kier alpha value is 0.343. The Labute approximate surface area is 52.3 Å². The van der Waals surface area contributed by atoms with Gasteiger partial charge in [-0.1, -0.05) is 0 Å². The zero-order valence-corrected chi connectivity index (χ0v) is 5.42. The van der Waals surface area contributed by atoms with Crippen molar-refractivity contribution in [2.75, 3.05) is 0 Å². The zero-order valence-electron chi connectivity index (χ0n) is 3.01. The summed E-state index contributed by atoms with van der Waals surface area (Å²) in [5.74, 6) is 4.09. The van der Waals surface area contributed by atoms with E-state index in [1.165, 1.54) is 0 Å². The second kappa shape index (κ2) is 5.34. The molecule has 0 spiro atoms. The van der Waals surface area contributed by atoms with Gasteiger partial charge in [0.1, 0.15) is 0 Å². The molecule has 0 unspecified atom stereocenters. The quantitative estimate of drug-likeness (QED) is 0.298. The van der Waals surface area contributed by atoms with Crippen molar-refractivity contribution < 1.29 is 13.8 Å². The second-order valence-corrected chi connectivity index (χ2v) is 1.10. The summed E-state index contributed by atoms with van der Waals surface area (Å²) in [6.45, 7) is 0. The number of nitrogens with two attached hydrogens (primary N) is 1. The normalized spacial score (nSPS) is 5.50. The van der Waals surface area contributed by atoms with Crippen LogP contribution in [0.25, 0.3) is 0 Å². The van der Waals surface area contributed by atoms with Crippen LogP contribution in [0.5, 0.6) is 0 Å². The van der Waals surface area contributed by atoms with Gasteiger partial charge in [-0.25, -0.2) is 5.90 Å². The fourth-order valence-corrected chi connectivity index (χ4v) is 0. The van der Waals surface area contributed by atoms with Crippen LogP contribution >= 0.6 is 0 Å². The van der Waals surface area contributed by atoms with Crippen molar-refractivity contribution in [3.8, 4) is 0 Å². The van der Waals surface area contributed by atoms with E-state index in [0.29, 0.717) is 0 Å². The molecule has 0 saturated heterocycles. The fourth-order valence-electron chi connectivity index (χ4n) is 0. The van der Waals surface area contributed by atoms with E-state index in [-0.39, 0.29) is 23.1 Å². The van der Waals surface area contributed by atoms with Crippen LogP contribution in [0.4, 0.5) is 0 Å². The average Bonchev–Trinajstić information content (AvgIpc) is 1.38. The molecular formula is H2MgNO3Si+. The maximum Gasteiger partial charge on any atom is 2.00 e. The number of hydrogen-bond donors (Lipinski definition) is 1. The summed E-state index contributed by atoms with van der Waals surface area (Å²) in [6.07, 6.45) is 0. The summed E-state index contributed by atoms with van der Waals surface area (Å²) < 4.78 is 12.3. The minimum Gasteiger partial charge on any atom is -0.513 e. The Morgan fingerprint density at radius 1 is 1.83 bits per heavy atom. The molecule has 0 aliphatic carbocycles. The van der Waals surface area contributed by atoms with Crippen LogP contribution in [-0.4, -0.2) is 32.2 Å². The molecule has 0 rings (SSSR count). The maximum atomic E-state index is 9.09. The SMILES string of the molecule is NO[Si](=O)[O-].[Mg+2]. The van der Waals surface area contributed by atoms with Crippen LogP contribution in [0.15, 0.2) is 0 Å². The van der Waals surface area contributed by atoms with E-state index in [1.54, 1.807) is 0 Å². The van der Waals surface area contributed by atoms with Crippen molar-refractivity contribution in [3.05, 3.63) is 0 Å². The van der Waals surface area contributed by atoms with Gasteiger partial charge >= 0.3 is 32.2 Å². The van der Waals surface area contributed by atoms with Crippen LogP contribution in [0, 0.1) is 0 Å². The molecule has 0 aromatic rings. The molecule has 0 aliphatic rings. The Morgan fingerprint density at radius 3 is 2.00 bits per heavy atom. The average molecular weight is 116 g/mol. The van der Waals surface area contributed by atoms with Crippen LogP contribution in [0.1, 0.15) is 0 Å². The Balaban J connectivity index is 0. The zero-order chi connectivity index (χ0) is 4.28. The maximum absolute atomic E-state index is 9.09. The van der Waals surface area contributed by atoms with Gasteiger partial charge in [0.15, 0.2) is 0 Å². The van der Waals surface area contributed by atoms with E-state index in [0.717, 1.165) is 0 Å². The molecule has 0 fully saturated rings. The molecule has 0 aliphatic heterocycles. The minimum absolute atomic E-state index is 0. The first kappa shape index (κ1) is 9.60. The molecular weight excluding hydrogens is 114 g/mol. The van der Waals surface area contributed by atoms with E-state index in [4.69, 9.17) is 9.26 Å². The van der Waals surface area contributed by atoms with Gasteiger partial charge in [0.05, 0.1) is 0 Å². The smallest absolute Gasteiger partial charge is 0.513 e. The number of rotatable bonds is 1. The Bertz CT molecular complexity index is 46.1. The molecule has 0 radical (unpaired) electrons.